The van der Waals surface area contributed by atoms with Crippen molar-refractivity contribution in [1.29, 1.82) is 0 Å². The fraction of sp³-hybridized carbons (Fsp3) is 0.667. The number of carbonyl (C=O) groups is 1. The molecule has 0 saturated carbocycles. The minimum Gasteiger partial charge on any atom is -0.347 e. The van der Waals surface area contributed by atoms with Gasteiger partial charge in [0.25, 0.3) is 0 Å². The monoisotopic (exact) mass is 298 g/mol. The fourth-order valence-electron chi connectivity index (χ4n) is 2.85. The van der Waals surface area contributed by atoms with Gasteiger partial charge in [0, 0.05) is 26.1 Å². The van der Waals surface area contributed by atoms with E-state index in [-0.39, 0.29) is 29.5 Å². The van der Waals surface area contributed by atoms with Crippen molar-refractivity contribution in [3.63, 3.8) is 0 Å². The number of rotatable bonds is 2. The molecule has 20 heavy (non-hydrogen) atoms. The van der Waals surface area contributed by atoms with Crippen molar-refractivity contribution in [2.24, 2.45) is 0 Å². The molecule has 8 heteroatoms. The minimum atomic E-state index is -2.98. The molecule has 1 amide bonds. The smallest absolute Gasteiger partial charge is 0.240 e. The summed E-state index contributed by atoms with van der Waals surface area (Å²) < 4.78 is 23.0. The van der Waals surface area contributed by atoms with Gasteiger partial charge >= 0.3 is 0 Å². The number of likely N-dealkylation sites (N-methyl/N-ethyl adjacent to an activating group) is 1. The van der Waals surface area contributed by atoms with Gasteiger partial charge < -0.3 is 9.88 Å². The van der Waals surface area contributed by atoms with Crippen LogP contribution in [0.4, 0.5) is 0 Å². The molecular weight excluding hydrogens is 280 g/mol. The summed E-state index contributed by atoms with van der Waals surface area (Å²) in [6, 6.07) is -0.519. The van der Waals surface area contributed by atoms with E-state index in [1.54, 1.807) is 18.3 Å². The van der Waals surface area contributed by atoms with Crippen molar-refractivity contribution >= 4 is 15.7 Å². The van der Waals surface area contributed by atoms with Crippen LogP contribution in [-0.2, 0) is 27.6 Å². The number of nitrogens with zero attached hydrogens (tertiary/aromatic N) is 2. The first-order chi connectivity index (χ1) is 9.46. The van der Waals surface area contributed by atoms with Crippen molar-refractivity contribution in [1.82, 2.24) is 20.2 Å². The van der Waals surface area contributed by atoms with Gasteiger partial charge in [0.1, 0.15) is 0 Å². The predicted molar refractivity (Wildman–Crippen MR) is 72.7 cm³/mol. The third kappa shape index (κ3) is 2.45. The third-order valence-corrected chi connectivity index (χ3v) is 5.88. The molecule has 7 nitrogen and oxygen atoms in total. The molecule has 0 aromatic carbocycles. The molecule has 0 aliphatic carbocycles. The maximum Gasteiger partial charge on any atom is 0.240 e. The molecule has 1 fully saturated rings. The summed E-state index contributed by atoms with van der Waals surface area (Å²) in [7, 11) is -1.29. The van der Waals surface area contributed by atoms with E-state index in [1.807, 2.05) is 0 Å². The highest BCUT2D eigenvalue weighted by Crippen LogP contribution is 2.19. The second kappa shape index (κ2) is 4.85. The van der Waals surface area contributed by atoms with Gasteiger partial charge in [0.05, 0.1) is 35.3 Å². The highest BCUT2D eigenvalue weighted by atomic mass is 32.2. The van der Waals surface area contributed by atoms with Gasteiger partial charge in [-0.1, -0.05) is 0 Å². The normalized spacial score (nSPS) is 28.1. The Morgan fingerprint density at radius 2 is 2.30 bits per heavy atom. The lowest BCUT2D eigenvalue weighted by Gasteiger charge is -2.30. The number of fused-ring (bicyclic) bond motifs is 1. The van der Waals surface area contributed by atoms with Gasteiger partial charge in [-0.25, -0.2) is 13.4 Å². The lowest BCUT2D eigenvalue weighted by molar-refractivity contribution is -0.134. The number of aromatic nitrogens is 2. The van der Waals surface area contributed by atoms with Crippen LogP contribution in [0.1, 0.15) is 17.8 Å². The summed E-state index contributed by atoms with van der Waals surface area (Å²) >= 11 is 0. The van der Waals surface area contributed by atoms with E-state index >= 15 is 0 Å². The maximum absolute atomic E-state index is 12.5. The van der Waals surface area contributed by atoms with E-state index in [2.05, 4.69) is 15.3 Å². The van der Waals surface area contributed by atoms with Crippen molar-refractivity contribution in [2.45, 2.75) is 31.5 Å². The highest BCUT2D eigenvalue weighted by Gasteiger charge is 2.36. The van der Waals surface area contributed by atoms with E-state index in [1.165, 1.54) is 0 Å². The zero-order valence-electron chi connectivity index (χ0n) is 11.3. The molecule has 1 saturated heterocycles. The van der Waals surface area contributed by atoms with Crippen LogP contribution in [0.3, 0.4) is 0 Å². The van der Waals surface area contributed by atoms with Crippen LogP contribution in [-0.4, -0.2) is 59.8 Å². The van der Waals surface area contributed by atoms with Crippen LogP contribution in [0, 0.1) is 0 Å². The quantitative estimate of drug-likeness (QED) is 0.735. The standard InChI is InChI=1S/C12H18N4O3S/c1-16(8-2-3-20(18,19)6-8)12(17)10-4-9-11(5-13-10)15-7-14-9/h7-8,10,13H,2-6H2,1H3,(H,14,15). The molecule has 0 radical (unpaired) electrons. The lowest BCUT2D eigenvalue weighted by atomic mass is 10.0. The largest absolute Gasteiger partial charge is 0.347 e. The Labute approximate surface area is 117 Å². The summed E-state index contributed by atoms with van der Waals surface area (Å²) in [5, 5.41) is 3.17. The minimum absolute atomic E-state index is 0.0549. The van der Waals surface area contributed by atoms with Crippen LogP contribution in [0.25, 0.3) is 0 Å². The summed E-state index contributed by atoms with van der Waals surface area (Å²) in [5.74, 6) is 0.202. The number of nitrogens with one attached hydrogen (secondary N) is 2. The van der Waals surface area contributed by atoms with Gasteiger partial charge in [-0.05, 0) is 6.42 Å². The fourth-order valence-corrected chi connectivity index (χ4v) is 4.62. The first-order valence-electron chi connectivity index (χ1n) is 6.68. The van der Waals surface area contributed by atoms with Crippen molar-refractivity contribution in [3.05, 3.63) is 17.7 Å². The van der Waals surface area contributed by atoms with E-state index in [0.717, 1.165) is 11.4 Å². The number of carbonyl (C=O) groups excluding carboxylic acids is 1. The number of hydrogen-bond acceptors (Lipinski definition) is 5. The number of imidazole rings is 1. The second-order valence-corrected chi connectivity index (χ2v) is 7.70. The summed E-state index contributed by atoms with van der Waals surface area (Å²) in [4.78, 5) is 21.3. The summed E-state index contributed by atoms with van der Waals surface area (Å²) in [6.45, 7) is 0.586. The SMILES string of the molecule is CN(C(=O)C1Cc2nc[nH]c2CN1)C1CCS(=O)(=O)C1. The van der Waals surface area contributed by atoms with E-state index < -0.39 is 9.84 Å². The molecule has 0 bridgehead atoms. The van der Waals surface area contributed by atoms with Crippen LogP contribution < -0.4 is 5.32 Å². The zero-order valence-corrected chi connectivity index (χ0v) is 12.1. The Morgan fingerprint density at radius 1 is 1.50 bits per heavy atom. The first-order valence-corrected chi connectivity index (χ1v) is 8.50. The average Bonchev–Trinajstić information content (AvgIpc) is 3.02. The molecule has 1 aromatic rings. The van der Waals surface area contributed by atoms with E-state index in [0.29, 0.717) is 19.4 Å². The molecule has 3 heterocycles. The molecule has 2 unspecified atom stereocenters. The molecule has 110 valence electrons. The Kier molecular flexibility index (Phi) is 3.29. The van der Waals surface area contributed by atoms with Crippen molar-refractivity contribution < 1.29 is 13.2 Å². The molecule has 3 rings (SSSR count). The first kappa shape index (κ1) is 13.6. The molecular formula is C12H18N4O3S. The lowest BCUT2D eigenvalue weighted by Crippen LogP contribution is -2.51. The molecule has 0 spiro atoms. The van der Waals surface area contributed by atoms with E-state index in [4.69, 9.17) is 0 Å². The van der Waals surface area contributed by atoms with Gasteiger partial charge in [0.2, 0.25) is 5.91 Å². The number of H-pyrrole nitrogens is 1. The number of aromatic amines is 1. The average molecular weight is 298 g/mol. The van der Waals surface area contributed by atoms with Crippen LogP contribution in [0.5, 0.6) is 0 Å². The molecule has 2 aliphatic heterocycles. The number of amides is 1. The van der Waals surface area contributed by atoms with Crippen LogP contribution in [0.15, 0.2) is 6.33 Å². The predicted octanol–water partition coefficient (Wildman–Crippen LogP) is -0.930. The zero-order chi connectivity index (χ0) is 14.3. The third-order valence-electron chi connectivity index (χ3n) is 4.13. The van der Waals surface area contributed by atoms with Gasteiger partial charge in [-0.15, -0.1) is 0 Å². The van der Waals surface area contributed by atoms with Crippen molar-refractivity contribution in [3.8, 4) is 0 Å². The summed E-state index contributed by atoms with van der Waals surface area (Å²) in [6.07, 6.45) is 2.71. The Morgan fingerprint density at radius 3 is 3.00 bits per heavy atom. The van der Waals surface area contributed by atoms with Crippen LogP contribution >= 0.6 is 0 Å². The maximum atomic E-state index is 12.5. The Hall–Kier alpha value is -1.41. The summed E-state index contributed by atoms with van der Waals surface area (Å²) in [5.41, 5.74) is 1.93. The molecule has 1 aromatic heterocycles. The Bertz CT molecular complexity index is 624. The van der Waals surface area contributed by atoms with Gasteiger partial charge in [0.15, 0.2) is 9.84 Å². The molecule has 2 N–H and O–H groups in total. The van der Waals surface area contributed by atoms with E-state index in [9.17, 15) is 13.2 Å². The molecule has 2 atom stereocenters. The number of sulfone groups is 1. The topological polar surface area (TPSA) is 95.2 Å². The number of hydrogen-bond donors (Lipinski definition) is 2. The van der Waals surface area contributed by atoms with Crippen molar-refractivity contribution in [2.75, 3.05) is 18.6 Å². The van der Waals surface area contributed by atoms with Crippen LogP contribution in [0.2, 0.25) is 0 Å². The van der Waals surface area contributed by atoms with Gasteiger partial charge in [-0.3, -0.25) is 10.1 Å². The highest BCUT2D eigenvalue weighted by molar-refractivity contribution is 7.91. The second-order valence-electron chi connectivity index (χ2n) is 5.47. The van der Waals surface area contributed by atoms with Gasteiger partial charge in [-0.2, -0.15) is 0 Å². The molecule has 2 aliphatic rings. The Balaban J connectivity index is 1.68.